The number of benzene rings is 1. The van der Waals surface area contributed by atoms with Crippen LogP contribution in [0.25, 0.3) is 0 Å². The summed E-state index contributed by atoms with van der Waals surface area (Å²) in [5.74, 6) is 0.809. The van der Waals surface area contributed by atoms with Crippen molar-refractivity contribution in [3.63, 3.8) is 0 Å². The quantitative estimate of drug-likeness (QED) is 0.892. The van der Waals surface area contributed by atoms with Crippen LogP contribution in [0.15, 0.2) is 35.8 Å². The normalized spacial score (nSPS) is 17.0. The van der Waals surface area contributed by atoms with Gasteiger partial charge in [-0.3, -0.25) is 0 Å². The molecule has 2 nitrogen and oxygen atoms in total. The number of hydrogen-bond donors (Lipinski definition) is 1. The van der Waals surface area contributed by atoms with E-state index in [0.717, 1.165) is 10.9 Å². The van der Waals surface area contributed by atoms with Crippen LogP contribution in [0.4, 0.5) is 0 Å². The number of nitrogens with zero attached hydrogens (tertiary/aromatic N) is 1. The van der Waals surface area contributed by atoms with Gasteiger partial charge in [0.05, 0.1) is 6.04 Å². The van der Waals surface area contributed by atoms with Gasteiger partial charge in [-0.25, -0.2) is 4.98 Å². The Labute approximate surface area is 106 Å². The van der Waals surface area contributed by atoms with Gasteiger partial charge in [0.2, 0.25) is 0 Å². The summed E-state index contributed by atoms with van der Waals surface area (Å²) in [7, 11) is 2.00. The first-order valence-corrected chi connectivity index (χ1v) is 6.93. The van der Waals surface area contributed by atoms with Crippen LogP contribution in [0.2, 0.25) is 0 Å². The zero-order valence-electron chi connectivity index (χ0n) is 9.89. The second kappa shape index (κ2) is 4.59. The standard InChI is InChI=1S/C14H16N2S/c1-15-13(14-16-7-8-17-14)12-4-2-3-11(9-12)10-5-6-10/h2-4,7-10,13,15H,5-6H2,1H3. The Morgan fingerprint density at radius 3 is 2.94 bits per heavy atom. The maximum atomic E-state index is 4.41. The fraction of sp³-hybridized carbons (Fsp3) is 0.357. The van der Waals surface area contributed by atoms with Crippen molar-refractivity contribution in [2.24, 2.45) is 0 Å². The summed E-state index contributed by atoms with van der Waals surface area (Å²) >= 11 is 1.71. The molecule has 1 unspecified atom stereocenters. The van der Waals surface area contributed by atoms with E-state index >= 15 is 0 Å². The highest BCUT2D eigenvalue weighted by Crippen LogP contribution is 2.40. The van der Waals surface area contributed by atoms with Crippen LogP contribution in [-0.2, 0) is 0 Å². The summed E-state index contributed by atoms with van der Waals surface area (Å²) in [6.07, 6.45) is 4.57. The van der Waals surface area contributed by atoms with E-state index in [1.165, 1.54) is 24.0 Å². The topological polar surface area (TPSA) is 24.9 Å². The summed E-state index contributed by atoms with van der Waals surface area (Å²) in [6, 6.07) is 9.17. The molecule has 1 aromatic heterocycles. The summed E-state index contributed by atoms with van der Waals surface area (Å²) in [4.78, 5) is 4.41. The van der Waals surface area contributed by atoms with Crippen LogP contribution in [-0.4, -0.2) is 12.0 Å². The third-order valence-electron chi connectivity index (χ3n) is 3.28. The van der Waals surface area contributed by atoms with Crippen molar-refractivity contribution in [2.75, 3.05) is 7.05 Å². The lowest BCUT2D eigenvalue weighted by Crippen LogP contribution is -2.17. The summed E-state index contributed by atoms with van der Waals surface area (Å²) in [5, 5.41) is 6.53. The lowest BCUT2D eigenvalue weighted by Gasteiger charge is -2.15. The minimum atomic E-state index is 0.230. The first-order chi connectivity index (χ1) is 8.38. The Bertz CT molecular complexity index is 489. The minimum Gasteiger partial charge on any atom is -0.307 e. The molecule has 2 aromatic rings. The lowest BCUT2D eigenvalue weighted by molar-refractivity contribution is 0.685. The molecule has 3 heteroatoms. The van der Waals surface area contributed by atoms with Gasteiger partial charge in [-0.05, 0) is 36.9 Å². The van der Waals surface area contributed by atoms with Crippen LogP contribution >= 0.6 is 11.3 Å². The zero-order chi connectivity index (χ0) is 11.7. The second-order valence-electron chi connectivity index (χ2n) is 4.54. The largest absolute Gasteiger partial charge is 0.307 e. The highest BCUT2D eigenvalue weighted by atomic mass is 32.1. The molecule has 1 heterocycles. The molecule has 0 bridgehead atoms. The van der Waals surface area contributed by atoms with Crippen LogP contribution in [0.5, 0.6) is 0 Å². The van der Waals surface area contributed by atoms with Gasteiger partial charge in [-0.15, -0.1) is 11.3 Å². The highest BCUT2D eigenvalue weighted by Gasteiger charge is 2.24. The molecule has 0 aliphatic heterocycles. The van der Waals surface area contributed by atoms with Crippen molar-refractivity contribution in [1.29, 1.82) is 0 Å². The van der Waals surface area contributed by atoms with E-state index in [1.807, 2.05) is 18.6 Å². The van der Waals surface area contributed by atoms with Gasteiger partial charge < -0.3 is 5.32 Å². The smallest absolute Gasteiger partial charge is 0.114 e. The van der Waals surface area contributed by atoms with Crippen LogP contribution in [0.3, 0.4) is 0 Å². The molecule has 0 amide bonds. The fourth-order valence-corrected chi connectivity index (χ4v) is 2.99. The average molecular weight is 244 g/mol. The molecule has 1 aliphatic carbocycles. The monoisotopic (exact) mass is 244 g/mol. The Morgan fingerprint density at radius 2 is 2.29 bits per heavy atom. The molecule has 3 rings (SSSR count). The maximum absolute atomic E-state index is 4.41. The molecule has 0 spiro atoms. The fourth-order valence-electron chi connectivity index (χ4n) is 2.22. The third-order valence-corrected chi connectivity index (χ3v) is 4.12. The van der Waals surface area contributed by atoms with Gasteiger partial charge in [0.15, 0.2) is 0 Å². The first kappa shape index (κ1) is 10.9. The lowest BCUT2D eigenvalue weighted by atomic mass is 10.0. The van der Waals surface area contributed by atoms with Crippen LogP contribution in [0, 0.1) is 0 Å². The molecule has 88 valence electrons. The van der Waals surface area contributed by atoms with Gasteiger partial charge >= 0.3 is 0 Å². The number of aromatic nitrogens is 1. The Balaban J connectivity index is 1.93. The van der Waals surface area contributed by atoms with E-state index < -0.39 is 0 Å². The molecule has 0 saturated heterocycles. The van der Waals surface area contributed by atoms with Crippen LogP contribution < -0.4 is 5.32 Å². The van der Waals surface area contributed by atoms with Crippen molar-refractivity contribution in [2.45, 2.75) is 24.8 Å². The summed E-state index contributed by atoms with van der Waals surface area (Å²) in [5.41, 5.74) is 2.81. The van der Waals surface area contributed by atoms with Crippen molar-refractivity contribution < 1.29 is 0 Å². The maximum Gasteiger partial charge on any atom is 0.114 e. The molecule has 1 N–H and O–H groups in total. The molecule has 1 aliphatic rings. The average Bonchev–Trinajstić information content (AvgIpc) is 3.09. The van der Waals surface area contributed by atoms with E-state index in [1.54, 1.807) is 11.3 Å². The predicted octanol–water partition coefficient (Wildman–Crippen LogP) is 3.33. The highest BCUT2D eigenvalue weighted by molar-refractivity contribution is 7.09. The van der Waals surface area contributed by atoms with E-state index in [4.69, 9.17) is 0 Å². The first-order valence-electron chi connectivity index (χ1n) is 6.05. The Kier molecular flexibility index (Phi) is 2.95. The second-order valence-corrected chi connectivity index (χ2v) is 5.46. The van der Waals surface area contributed by atoms with Crippen molar-refractivity contribution in [3.05, 3.63) is 52.0 Å². The number of hydrogen-bond acceptors (Lipinski definition) is 3. The predicted molar refractivity (Wildman–Crippen MR) is 71.4 cm³/mol. The number of nitrogens with one attached hydrogen (secondary N) is 1. The zero-order valence-corrected chi connectivity index (χ0v) is 10.7. The minimum absolute atomic E-state index is 0.230. The third kappa shape index (κ3) is 2.26. The van der Waals surface area contributed by atoms with Gasteiger partial charge in [0.1, 0.15) is 5.01 Å². The van der Waals surface area contributed by atoms with Gasteiger partial charge in [-0.2, -0.15) is 0 Å². The van der Waals surface area contributed by atoms with Crippen molar-refractivity contribution in [1.82, 2.24) is 10.3 Å². The summed E-state index contributed by atoms with van der Waals surface area (Å²) in [6.45, 7) is 0. The van der Waals surface area contributed by atoms with Crippen molar-refractivity contribution in [3.8, 4) is 0 Å². The molecule has 0 radical (unpaired) electrons. The van der Waals surface area contributed by atoms with Crippen molar-refractivity contribution >= 4 is 11.3 Å². The Hall–Kier alpha value is -1.19. The molecule has 1 saturated carbocycles. The number of thiazole rings is 1. The van der Waals surface area contributed by atoms with Gasteiger partial charge in [0, 0.05) is 11.6 Å². The molecular formula is C14H16N2S. The van der Waals surface area contributed by atoms with E-state index in [-0.39, 0.29) is 6.04 Å². The van der Waals surface area contributed by atoms with E-state index in [9.17, 15) is 0 Å². The molecular weight excluding hydrogens is 228 g/mol. The van der Waals surface area contributed by atoms with Gasteiger partial charge in [-0.1, -0.05) is 24.3 Å². The SMILES string of the molecule is CNC(c1cccc(C2CC2)c1)c1nccs1. The van der Waals surface area contributed by atoms with E-state index in [2.05, 4.69) is 34.6 Å². The number of rotatable bonds is 4. The van der Waals surface area contributed by atoms with E-state index in [0.29, 0.717) is 0 Å². The molecule has 1 atom stereocenters. The molecule has 1 fully saturated rings. The summed E-state index contributed by atoms with van der Waals surface area (Å²) < 4.78 is 0. The van der Waals surface area contributed by atoms with Gasteiger partial charge in [0.25, 0.3) is 0 Å². The Morgan fingerprint density at radius 1 is 1.41 bits per heavy atom. The van der Waals surface area contributed by atoms with Crippen LogP contribution in [0.1, 0.15) is 40.9 Å². The molecule has 1 aromatic carbocycles. The molecule has 17 heavy (non-hydrogen) atoms.